The van der Waals surface area contributed by atoms with E-state index in [9.17, 15) is 5.11 Å². The van der Waals surface area contributed by atoms with Crippen molar-refractivity contribution in [1.82, 2.24) is 0 Å². The van der Waals surface area contributed by atoms with Gasteiger partial charge in [0.1, 0.15) is 5.75 Å². The third-order valence-corrected chi connectivity index (χ3v) is 2.20. The molecule has 2 rings (SSSR count). The maximum absolute atomic E-state index is 9.23. The van der Waals surface area contributed by atoms with Crippen molar-refractivity contribution in [1.29, 1.82) is 0 Å². The molecule has 2 N–H and O–H groups in total. The monoisotopic (exact) mass is 163 g/mol. The van der Waals surface area contributed by atoms with Gasteiger partial charge in [0.2, 0.25) is 0 Å². The predicted molar refractivity (Wildman–Crippen MR) is 49.5 cm³/mol. The third kappa shape index (κ3) is 1.13. The van der Waals surface area contributed by atoms with Gasteiger partial charge >= 0.3 is 0 Å². The van der Waals surface area contributed by atoms with Crippen molar-refractivity contribution in [3.05, 3.63) is 23.8 Å². The van der Waals surface area contributed by atoms with Crippen LogP contribution in [-0.4, -0.2) is 10.6 Å². The Morgan fingerprint density at radius 1 is 1.42 bits per heavy atom. The summed E-state index contributed by atoms with van der Waals surface area (Å²) in [6.45, 7) is 4.31. The Balaban J connectivity index is 2.43. The molecule has 0 saturated heterocycles. The van der Waals surface area contributed by atoms with Gasteiger partial charge in [-0.05, 0) is 31.9 Å². The number of phenols is 1. The van der Waals surface area contributed by atoms with E-state index in [2.05, 4.69) is 19.2 Å². The number of hydrogen-bond acceptors (Lipinski definition) is 2. The highest BCUT2D eigenvalue weighted by Crippen LogP contribution is 2.33. The first-order valence-electron chi connectivity index (χ1n) is 4.17. The summed E-state index contributed by atoms with van der Waals surface area (Å²) in [6.07, 6.45) is 1.03. The lowest BCUT2D eigenvalue weighted by molar-refractivity contribution is 0.475. The van der Waals surface area contributed by atoms with Gasteiger partial charge < -0.3 is 10.4 Å². The fourth-order valence-corrected chi connectivity index (χ4v) is 1.72. The van der Waals surface area contributed by atoms with Crippen molar-refractivity contribution in [2.45, 2.75) is 25.8 Å². The van der Waals surface area contributed by atoms with Crippen LogP contribution in [0.25, 0.3) is 0 Å². The van der Waals surface area contributed by atoms with Crippen LogP contribution in [0.15, 0.2) is 18.2 Å². The van der Waals surface area contributed by atoms with Crippen molar-refractivity contribution < 1.29 is 5.11 Å². The molecule has 0 spiro atoms. The molecule has 0 amide bonds. The van der Waals surface area contributed by atoms with Crippen LogP contribution in [0.5, 0.6) is 5.75 Å². The summed E-state index contributed by atoms with van der Waals surface area (Å²) in [7, 11) is 0. The van der Waals surface area contributed by atoms with E-state index in [1.165, 1.54) is 5.56 Å². The lowest BCUT2D eigenvalue weighted by atomic mass is 10.0. The molecule has 0 fully saturated rings. The second-order valence-corrected chi connectivity index (χ2v) is 4.03. The van der Waals surface area contributed by atoms with Crippen molar-refractivity contribution in [3.63, 3.8) is 0 Å². The Kier molecular flexibility index (Phi) is 1.34. The first kappa shape index (κ1) is 7.47. The summed E-state index contributed by atoms with van der Waals surface area (Å²) in [5.41, 5.74) is 2.49. The lowest BCUT2D eigenvalue weighted by Crippen LogP contribution is -2.26. The minimum Gasteiger partial charge on any atom is -0.508 e. The van der Waals surface area contributed by atoms with E-state index in [4.69, 9.17) is 0 Å². The van der Waals surface area contributed by atoms with E-state index >= 15 is 0 Å². The smallest absolute Gasteiger partial charge is 0.117 e. The van der Waals surface area contributed by atoms with Crippen LogP contribution in [0.3, 0.4) is 0 Å². The summed E-state index contributed by atoms with van der Waals surface area (Å²) in [5.74, 6) is 0.332. The average Bonchev–Trinajstić information content (AvgIpc) is 2.21. The summed E-state index contributed by atoms with van der Waals surface area (Å²) >= 11 is 0. The molecule has 1 aliphatic heterocycles. The molecular weight excluding hydrogens is 150 g/mol. The highest BCUT2D eigenvalue weighted by atomic mass is 16.3. The van der Waals surface area contributed by atoms with Gasteiger partial charge in [0, 0.05) is 17.3 Å². The van der Waals surface area contributed by atoms with Gasteiger partial charge in [-0.2, -0.15) is 0 Å². The van der Waals surface area contributed by atoms with Crippen molar-refractivity contribution in [2.24, 2.45) is 0 Å². The molecule has 1 aromatic rings. The van der Waals surface area contributed by atoms with E-state index in [-0.39, 0.29) is 5.54 Å². The highest BCUT2D eigenvalue weighted by molar-refractivity contribution is 5.61. The summed E-state index contributed by atoms with van der Waals surface area (Å²) < 4.78 is 0. The van der Waals surface area contributed by atoms with E-state index in [0.717, 1.165) is 12.1 Å². The quantitative estimate of drug-likeness (QED) is 0.614. The van der Waals surface area contributed by atoms with Crippen molar-refractivity contribution in [2.75, 3.05) is 5.32 Å². The number of hydrogen-bond donors (Lipinski definition) is 2. The number of aromatic hydroxyl groups is 1. The Morgan fingerprint density at radius 2 is 2.17 bits per heavy atom. The number of rotatable bonds is 0. The Bertz CT molecular complexity index is 318. The fourth-order valence-electron chi connectivity index (χ4n) is 1.72. The predicted octanol–water partition coefficient (Wildman–Crippen LogP) is 2.14. The van der Waals surface area contributed by atoms with Gasteiger partial charge in [0.15, 0.2) is 0 Å². The molecule has 12 heavy (non-hydrogen) atoms. The largest absolute Gasteiger partial charge is 0.508 e. The molecule has 0 radical (unpaired) electrons. The minimum absolute atomic E-state index is 0.135. The lowest BCUT2D eigenvalue weighted by Gasteiger charge is -2.17. The van der Waals surface area contributed by atoms with Gasteiger partial charge in [-0.1, -0.05) is 6.07 Å². The van der Waals surface area contributed by atoms with Crippen LogP contribution in [-0.2, 0) is 6.42 Å². The Morgan fingerprint density at radius 3 is 2.92 bits per heavy atom. The van der Waals surface area contributed by atoms with Crippen LogP contribution < -0.4 is 5.32 Å². The standard InChI is InChI=1S/C10H13NO/c1-10(2)6-7-3-4-8(12)5-9(7)11-10/h3-5,11-12H,6H2,1-2H3. The maximum atomic E-state index is 9.23. The molecule has 0 bridgehead atoms. The van der Waals surface area contributed by atoms with Gasteiger partial charge in [-0.25, -0.2) is 0 Å². The fraction of sp³-hybridized carbons (Fsp3) is 0.400. The van der Waals surface area contributed by atoms with E-state index in [1.54, 1.807) is 12.1 Å². The Labute approximate surface area is 72.2 Å². The van der Waals surface area contributed by atoms with Gasteiger partial charge in [-0.3, -0.25) is 0 Å². The first-order chi connectivity index (χ1) is 5.57. The second kappa shape index (κ2) is 2.16. The Hall–Kier alpha value is -1.18. The van der Waals surface area contributed by atoms with Gasteiger partial charge in [0.25, 0.3) is 0 Å². The maximum Gasteiger partial charge on any atom is 0.117 e. The van der Waals surface area contributed by atoms with Gasteiger partial charge in [-0.15, -0.1) is 0 Å². The zero-order valence-corrected chi connectivity index (χ0v) is 7.39. The van der Waals surface area contributed by atoms with Crippen LogP contribution in [0, 0.1) is 0 Å². The van der Waals surface area contributed by atoms with Crippen LogP contribution >= 0.6 is 0 Å². The molecule has 0 aromatic heterocycles. The molecular formula is C10H13NO. The molecule has 1 aromatic carbocycles. The zero-order valence-electron chi connectivity index (χ0n) is 7.39. The first-order valence-corrected chi connectivity index (χ1v) is 4.17. The minimum atomic E-state index is 0.135. The molecule has 1 heterocycles. The molecule has 0 saturated carbocycles. The van der Waals surface area contributed by atoms with Crippen molar-refractivity contribution >= 4 is 5.69 Å². The summed E-state index contributed by atoms with van der Waals surface area (Å²) in [4.78, 5) is 0. The topological polar surface area (TPSA) is 32.3 Å². The number of benzene rings is 1. The molecule has 1 aliphatic rings. The van der Waals surface area contributed by atoms with Gasteiger partial charge in [0.05, 0.1) is 0 Å². The van der Waals surface area contributed by atoms with Crippen molar-refractivity contribution in [3.8, 4) is 5.75 Å². The molecule has 0 atom stereocenters. The molecule has 0 unspecified atom stereocenters. The van der Waals surface area contributed by atoms with Crippen LogP contribution in [0.2, 0.25) is 0 Å². The SMILES string of the molecule is CC1(C)Cc2ccc(O)cc2N1. The molecule has 2 nitrogen and oxygen atoms in total. The summed E-state index contributed by atoms with van der Waals surface area (Å²) in [5, 5.41) is 12.6. The highest BCUT2D eigenvalue weighted by Gasteiger charge is 2.26. The molecule has 64 valence electrons. The summed E-state index contributed by atoms with van der Waals surface area (Å²) in [6, 6.07) is 5.50. The van der Waals surface area contributed by atoms with E-state index in [1.807, 2.05) is 6.07 Å². The zero-order chi connectivity index (χ0) is 8.77. The number of phenolic OH excluding ortho intramolecular Hbond substituents is 1. The second-order valence-electron chi connectivity index (χ2n) is 4.03. The normalized spacial score (nSPS) is 18.5. The molecule has 2 heteroatoms. The number of anilines is 1. The number of nitrogens with one attached hydrogen (secondary N) is 1. The average molecular weight is 163 g/mol. The van der Waals surface area contributed by atoms with E-state index in [0.29, 0.717) is 5.75 Å². The van der Waals surface area contributed by atoms with Crippen LogP contribution in [0.4, 0.5) is 5.69 Å². The van der Waals surface area contributed by atoms with E-state index < -0.39 is 0 Å². The third-order valence-electron chi connectivity index (χ3n) is 2.20. The molecule has 0 aliphatic carbocycles. The van der Waals surface area contributed by atoms with Crippen LogP contribution in [0.1, 0.15) is 19.4 Å². The number of fused-ring (bicyclic) bond motifs is 1.